The molecule has 2 aromatic heterocycles. The molecule has 0 spiro atoms. The van der Waals surface area contributed by atoms with Crippen molar-refractivity contribution in [2.24, 2.45) is 7.05 Å². The summed E-state index contributed by atoms with van der Waals surface area (Å²) in [5, 5.41) is 14.6. The molecule has 0 bridgehead atoms. The number of piperazine rings is 1. The van der Waals surface area contributed by atoms with Crippen LogP contribution in [0.4, 0.5) is 18.3 Å². The number of anilines is 1. The van der Waals surface area contributed by atoms with Crippen molar-refractivity contribution in [3.63, 3.8) is 0 Å². The zero-order valence-corrected chi connectivity index (χ0v) is 18.9. The number of hydrogen-bond acceptors (Lipinski definition) is 8. The van der Waals surface area contributed by atoms with Gasteiger partial charge in [-0.1, -0.05) is 11.3 Å². The summed E-state index contributed by atoms with van der Waals surface area (Å²) in [6.45, 7) is 1.73. The number of aromatic nitrogens is 3. The van der Waals surface area contributed by atoms with Gasteiger partial charge in [-0.3, -0.25) is 4.79 Å². The van der Waals surface area contributed by atoms with E-state index in [0.29, 0.717) is 10.8 Å². The molecule has 0 saturated carbocycles. The molecule has 3 heterocycles. The minimum Gasteiger partial charge on any atom is -0.480 e. The van der Waals surface area contributed by atoms with Gasteiger partial charge in [0.2, 0.25) is 10.0 Å². The zero-order chi connectivity index (χ0) is 24.1. The maximum Gasteiger partial charge on any atom is 0.573 e. The number of carbonyl (C=O) groups is 1. The number of rotatable bonds is 5. The van der Waals surface area contributed by atoms with Crippen LogP contribution >= 0.6 is 11.3 Å². The summed E-state index contributed by atoms with van der Waals surface area (Å²) in [6.07, 6.45) is -4.92. The van der Waals surface area contributed by atoms with Crippen LogP contribution in [-0.4, -0.2) is 70.6 Å². The number of alkyl halides is 3. The van der Waals surface area contributed by atoms with Crippen molar-refractivity contribution >= 4 is 42.8 Å². The third kappa shape index (κ3) is 4.47. The summed E-state index contributed by atoms with van der Waals surface area (Å²) in [6, 6.07) is 2.21. The maximum absolute atomic E-state index is 13.1. The Bertz CT molecular complexity index is 1270. The Morgan fingerprint density at radius 3 is 2.48 bits per heavy atom. The van der Waals surface area contributed by atoms with Crippen LogP contribution in [0.1, 0.15) is 5.69 Å². The number of benzene rings is 1. The van der Waals surface area contributed by atoms with Gasteiger partial charge in [0.15, 0.2) is 10.8 Å². The van der Waals surface area contributed by atoms with E-state index in [4.69, 9.17) is 0 Å². The fraction of sp³-hybridized carbons (Fsp3) is 0.389. The summed E-state index contributed by atoms with van der Waals surface area (Å²) in [5.41, 5.74) is 1.43. The van der Waals surface area contributed by atoms with Crippen molar-refractivity contribution in [2.45, 2.75) is 24.2 Å². The summed E-state index contributed by atoms with van der Waals surface area (Å²) < 4.78 is 70.3. The Hall–Kier alpha value is -2.91. The summed E-state index contributed by atoms with van der Waals surface area (Å²) >= 11 is 1.34. The standard InChI is InChI=1S/C18H18F3N5O5S2/c1-10-14-15(24(2)23-10)22-17(32-14)25-7-8-26(13(9-25)16(27)28)33(29,30)12-5-3-11(4-6-12)31-18(19,20)21/h3-6,13H,7-9H2,1-2H3,(H,27,28)/t13-/m1/s1. The van der Waals surface area contributed by atoms with Crippen LogP contribution in [-0.2, 0) is 21.9 Å². The van der Waals surface area contributed by atoms with Gasteiger partial charge in [-0.2, -0.15) is 9.40 Å². The van der Waals surface area contributed by atoms with E-state index in [1.807, 2.05) is 6.92 Å². The highest BCUT2D eigenvalue weighted by Crippen LogP contribution is 2.33. The number of carboxylic acid groups (broad SMARTS) is 1. The number of hydrogen-bond donors (Lipinski definition) is 1. The first-order chi connectivity index (χ1) is 15.4. The first-order valence-electron chi connectivity index (χ1n) is 9.52. The van der Waals surface area contributed by atoms with Crippen LogP contribution in [0.5, 0.6) is 5.75 Å². The number of ether oxygens (including phenoxy) is 1. The highest BCUT2D eigenvalue weighted by atomic mass is 32.2. The molecule has 1 fully saturated rings. The third-order valence-electron chi connectivity index (χ3n) is 5.08. The number of carboxylic acids is 1. The van der Waals surface area contributed by atoms with Crippen molar-refractivity contribution in [3.05, 3.63) is 30.0 Å². The zero-order valence-electron chi connectivity index (χ0n) is 17.3. The molecule has 0 amide bonds. The fourth-order valence-corrected chi connectivity index (χ4v) is 6.22. The predicted molar refractivity (Wildman–Crippen MR) is 112 cm³/mol. The van der Waals surface area contributed by atoms with E-state index < -0.39 is 34.1 Å². The van der Waals surface area contributed by atoms with Gasteiger partial charge in [0.25, 0.3) is 0 Å². The second-order valence-electron chi connectivity index (χ2n) is 7.29. The number of nitrogens with zero attached hydrogens (tertiary/aromatic N) is 5. The van der Waals surface area contributed by atoms with Gasteiger partial charge in [0.05, 0.1) is 15.3 Å². The lowest BCUT2D eigenvalue weighted by molar-refractivity contribution is -0.274. The molecule has 1 aliphatic heterocycles. The van der Waals surface area contributed by atoms with E-state index in [1.165, 1.54) is 11.3 Å². The minimum absolute atomic E-state index is 0.143. The molecule has 1 aliphatic rings. The SMILES string of the molecule is Cc1nn(C)c2nc(N3CCN(S(=O)(=O)c4ccc(OC(F)(F)F)cc4)[C@@H](C(=O)O)C3)sc12. The lowest BCUT2D eigenvalue weighted by atomic mass is 10.2. The van der Waals surface area contributed by atoms with Crippen LogP contribution in [0.2, 0.25) is 0 Å². The van der Waals surface area contributed by atoms with Crippen LogP contribution in [0.25, 0.3) is 10.3 Å². The summed E-state index contributed by atoms with van der Waals surface area (Å²) in [7, 11) is -2.55. The van der Waals surface area contributed by atoms with Crippen LogP contribution in [0.3, 0.4) is 0 Å². The van der Waals surface area contributed by atoms with Gasteiger partial charge in [-0.15, -0.1) is 13.2 Å². The van der Waals surface area contributed by atoms with E-state index in [2.05, 4.69) is 14.8 Å². The number of fused-ring (bicyclic) bond motifs is 1. The Morgan fingerprint density at radius 2 is 1.91 bits per heavy atom. The summed E-state index contributed by atoms with van der Waals surface area (Å²) in [4.78, 5) is 17.8. The lowest BCUT2D eigenvalue weighted by Crippen LogP contribution is -2.58. The average Bonchev–Trinajstić information content (AvgIpc) is 3.28. The molecule has 1 saturated heterocycles. The Kier molecular flexibility index (Phi) is 5.74. The molecular formula is C18H18F3N5O5S2. The molecule has 33 heavy (non-hydrogen) atoms. The van der Waals surface area contributed by atoms with Gasteiger partial charge >= 0.3 is 12.3 Å². The third-order valence-corrected chi connectivity index (χ3v) is 8.22. The van der Waals surface area contributed by atoms with Gasteiger partial charge in [0, 0.05) is 26.7 Å². The van der Waals surface area contributed by atoms with E-state index >= 15 is 0 Å². The molecule has 1 N–H and O–H groups in total. The molecule has 0 unspecified atom stereocenters. The molecule has 0 radical (unpaired) electrons. The molecule has 1 aromatic carbocycles. The second kappa shape index (κ2) is 8.14. The summed E-state index contributed by atoms with van der Waals surface area (Å²) in [5.74, 6) is -1.93. The molecule has 178 valence electrons. The lowest BCUT2D eigenvalue weighted by Gasteiger charge is -2.38. The van der Waals surface area contributed by atoms with E-state index in [1.54, 1.807) is 16.6 Å². The second-order valence-corrected chi connectivity index (χ2v) is 10.2. The minimum atomic E-state index is -4.92. The maximum atomic E-state index is 13.1. The largest absolute Gasteiger partial charge is 0.573 e. The van der Waals surface area contributed by atoms with Gasteiger partial charge in [-0.05, 0) is 31.2 Å². The highest BCUT2D eigenvalue weighted by molar-refractivity contribution is 7.89. The van der Waals surface area contributed by atoms with Gasteiger partial charge < -0.3 is 14.7 Å². The average molecular weight is 506 g/mol. The monoisotopic (exact) mass is 505 g/mol. The van der Waals surface area contributed by atoms with Gasteiger partial charge in [-0.25, -0.2) is 18.1 Å². The Balaban J connectivity index is 1.58. The molecule has 4 rings (SSSR count). The quantitative estimate of drug-likeness (QED) is 0.561. The highest BCUT2D eigenvalue weighted by Gasteiger charge is 2.41. The number of aliphatic carboxylic acids is 1. The number of aryl methyl sites for hydroxylation is 2. The van der Waals surface area contributed by atoms with Gasteiger partial charge in [0.1, 0.15) is 11.8 Å². The number of halogens is 3. The Labute approximate surface area is 189 Å². The van der Waals surface area contributed by atoms with Crippen LogP contribution in [0, 0.1) is 6.92 Å². The molecule has 3 aromatic rings. The van der Waals surface area contributed by atoms with Crippen molar-refractivity contribution in [2.75, 3.05) is 24.5 Å². The first-order valence-corrected chi connectivity index (χ1v) is 11.8. The Morgan fingerprint density at radius 1 is 1.24 bits per heavy atom. The molecule has 0 aliphatic carbocycles. The van der Waals surface area contributed by atoms with Crippen molar-refractivity contribution in [1.29, 1.82) is 0 Å². The smallest absolute Gasteiger partial charge is 0.480 e. The van der Waals surface area contributed by atoms with Crippen LogP contribution in [0.15, 0.2) is 29.2 Å². The van der Waals surface area contributed by atoms with E-state index in [9.17, 15) is 31.5 Å². The molecular weight excluding hydrogens is 487 g/mol. The number of thiazole rings is 1. The van der Waals surface area contributed by atoms with Crippen LogP contribution < -0.4 is 9.64 Å². The van der Waals surface area contributed by atoms with Crippen molar-refractivity contribution < 1.29 is 36.2 Å². The molecule has 10 nitrogen and oxygen atoms in total. The number of sulfonamides is 1. The van der Waals surface area contributed by atoms with E-state index in [0.717, 1.165) is 39.0 Å². The first kappa shape index (κ1) is 23.3. The van der Waals surface area contributed by atoms with Crippen molar-refractivity contribution in [1.82, 2.24) is 19.1 Å². The topological polar surface area (TPSA) is 118 Å². The van der Waals surface area contributed by atoms with E-state index in [-0.39, 0.29) is 24.5 Å². The molecule has 1 atom stereocenters. The molecule has 15 heteroatoms. The van der Waals surface area contributed by atoms with Crippen molar-refractivity contribution in [3.8, 4) is 5.75 Å². The normalized spacial score (nSPS) is 18.1. The predicted octanol–water partition coefficient (Wildman–Crippen LogP) is 2.20. The fourth-order valence-electron chi connectivity index (χ4n) is 3.59.